The summed E-state index contributed by atoms with van der Waals surface area (Å²) in [4.78, 5) is 27.5. The van der Waals surface area contributed by atoms with Crippen molar-refractivity contribution in [3.63, 3.8) is 0 Å². The normalized spacial score (nSPS) is 19.7. The van der Waals surface area contributed by atoms with Gasteiger partial charge in [0.15, 0.2) is 0 Å². The van der Waals surface area contributed by atoms with Crippen molar-refractivity contribution in [1.82, 2.24) is 10.2 Å². The van der Waals surface area contributed by atoms with Gasteiger partial charge >= 0.3 is 6.03 Å². The van der Waals surface area contributed by atoms with E-state index in [1.807, 2.05) is 0 Å². The van der Waals surface area contributed by atoms with Crippen molar-refractivity contribution in [3.05, 3.63) is 59.9 Å². The van der Waals surface area contributed by atoms with Gasteiger partial charge in [0.05, 0.1) is 0 Å². The van der Waals surface area contributed by atoms with Crippen LogP contribution in [0.5, 0.6) is 0 Å². The van der Waals surface area contributed by atoms with Gasteiger partial charge in [-0.15, -0.1) is 0 Å². The van der Waals surface area contributed by atoms with Crippen LogP contribution in [0.2, 0.25) is 0 Å². The lowest BCUT2D eigenvalue weighted by atomic mass is 9.94. The lowest BCUT2D eigenvalue weighted by Crippen LogP contribution is -2.42. The molecule has 31 heavy (non-hydrogen) atoms. The number of hydrogen-bond donors (Lipinski definition) is 3. The summed E-state index contributed by atoms with van der Waals surface area (Å²) in [7, 11) is 0. The molecule has 7 heteroatoms. The van der Waals surface area contributed by atoms with Crippen molar-refractivity contribution in [3.8, 4) is 0 Å². The highest BCUT2D eigenvalue weighted by molar-refractivity contribution is 6.05. The van der Waals surface area contributed by atoms with E-state index in [0.717, 1.165) is 19.5 Å². The second-order valence-electron chi connectivity index (χ2n) is 8.42. The minimum Gasteiger partial charge on any atom is -0.334 e. The van der Waals surface area contributed by atoms with Crippen molar-refractivity contribution in [1.29, 1.82) is 0 Å². The smallest absolute Gasteiger partial charge is 0.319 e. The highest BCUT2D eigenvalue weighted by Gasteiger charge is 2.29. The second-order valence-corrected chi connectivity index (χ2v) is 8.42. The average molecular weight is 425 g/mol. The molecule has 1 aliphatic carbocycles. The molecule has 1 saturated carbocycles. The first-order chi connectivity index (χ1) is 15.1. The van der Waals surface area contributed by atoms with Crippen LogP contribution in [-0.4, -0.2) is 42.0 Å². The van der Waals surface area contributed by atoms with Crippen molar-refractivity contribution in [2.45, 2.75) is 50.6 Å². The summed E-state index contributed by atoms with van der Waals surface area (Å²) in [5.74, 6) is -0.785. The minimum atomic E-state index is -0.418. The maximum atomic E-state index is 13.3. The Morgan fingerprint density at radius 3 is 2.42 bits per heavy atom. The number of hydrogen-bond acceptors (Lipinski definition) is 3. The summed E-state index contributed by atoms with van der Waals surface area (Å²) in [6.07, 6.45) is 7.45. The zero-order valence-electron chi connectivity index (χ0n) is 17.6. The SMILES string of the molecule is O=C(Nc1cccc(C(=O)Nc2cccc(F)c2)c1)NC1CCN(C2CCCCC2)C1. The first-order valence-electron chi connectivity index (χ1n) is 11.1. The summed E-state index contributed by atoms with van der Waals surface area (Å²) >= 11 is 0. The quantitative estimate of drug-likeness (QED) is 0.656. The van der Waals surface area contributed by atoms with Crippen LogP contribution < -0.4 is 16.0 Å². The lowest BCUT2D eigenvalue weighted by molar-refractivity contribution is 0.102. The number of anilines is 2. The summed E-state index contributed by atoms with van der Waals surface area (Å²) in [5.41, 5.74) is 1.29. The van der Waals surface area contributed by atoms with Crippen molar-refractivity contribution in [2.75, 3.05) is 23.7 Å². The van der Waals surface area contributed by atoms with Gasteiger partial charge in [-0.1, -0.05) is 31.4 Å². The third kappa shape index (κ3) is 5.82. The van der Waals surface area contributed by atoms with Crippen LogP contribution >= 0.6 is 0 Å². The molecule has 2 aromatic carbocycles. The number of halogens is 1. The van der Waals surface area contributed by atoms with E-state index in [1.54, 1.807) is 30.3 Å². The number of likely N-dealkylation sites (tertiary alicyclic amines) is 1. The fourth-order valence-electron chi connectivity index (χ4n) is 4.54. The first-order valence-corrected chi connectivity index (χ1v) is 11.1. The molecule has 3 N–H and O–H groups in total. The number of amides is 3. The van der Waals surface area contributed by atoms with E-state index in [0.29, 0.717) is 23.0 Å². The Hall–Kier alpha value is -2.93. The molecule has 0 spiro atoms. The highest BCUT2D eigenvalue weighted by atomic mass is 19.1. The van der Waals surface area contributed by atoms with Crippen LogP contribution in [0.3, 0.4) is 0 Å². The van der Waals surface area contributed by atoms with E-state index in [1.165, 1.54) is 50.3 Å². The molecule has 6 nitrogen and oxygen atoms in total. The van der Waals surface area contributed by atoms with E-state index in [4.69, 9.17) is 0 Å². The summed E-state index contributed by atoms with van der Waals surface area (Å²) in [6, 6.07) is 13.0. The van der Waals surface area contributed by atoms with Gasteiger partial charge in [0.25, 0.3) is 5.91 Å². The predicted molar refractivity (Wildman–Crippen MR) is 120 cm³/mol. The molecular weight excluding hydrogens is 395 g/mol. The van der Waals surface area contributed by atoms with Crippen molar-refractivity contribution >= 4 is 23.3 Å². The van der Waals surface area contributed by atoms with Gasteiger partial charge in [-0.05, 0) is 55.7 Å². The van der Waals surface area contributed by atoms with Crippen LogP contribution in [0.4, 0.5) is 20.6 Å². The van der Waals surface area contributed by atoms with Crippen LogP contribution in [0, 0.1) is 5.82 Å². The Morgan fingerprint density at radius 2 is 1.65 bits per heavy atom. The molecule has 1 atom stereocenters. The monoisotopic (exact) mass is 424 g/mol. The van der Waals surface area contributed by atoms with Crippen LogP contribution in [0.15, 0.2) is 48.5 Å². The third-order valence-electron chi connectivity index (χ3n) is 6.11. The number of nitrogens with one attached hydrogen (secondary N) is 3. The fraction of sp³-hybridized carbons (Fsp3) is 0.417. The van der Waals surface area contributed by atoms with Gasteiger partial charge < -0.3 is 16.0 Å². The summed E-state index contributed by atoms with van der Waals surface area (Å²) < 4.78 is 13.3. The molecule has 4 rings (SSSR count). The lowest BCUT2D eigenvalue weighted by Gasteiger charge is -2.31. The number of urea groups is 1. The topological polar surface area (TPSA) is 73.5 Å². The minimum absolute atomic E-state index is 0.140. The standard InChI is InChI=1S/C24H29FN4O2/c25-18-7-5-9-20(15-18)26-23(30)17-6-4-8-19(14-17)27-24(31)28-21-12-13-29(16-21)22-10-2-1-3-11-22/h4-9,14-15,21-22H,1-3,10-13,16H2,(H,26,30)(H2,27,28,31). The second kappa shape index (κ2) is 9.92. The van der Waals surface area contributed by atoms with Crippen molar-refractivity contribution < 1.29 is 14.0 Å². The number of benzene rings is 2. The molecule has 2 fully saturated rings. The maximum Gasteiger partial charge on any atom is 0.319 e. The Balaban J connectivity index is 1.29. The van der Waals surface area contributed by atoms with E-state index in [-0.39, 0.29) is 18.0 Å². The zero-order chi connectivity index (χ0) is 21.6. The van der Waals surface area contributed by atoms with Gasteiger partial charge in [-0.3, -0.25) is 9.69 Å². The largest absolute Gasteiger partial charge is 0.334 e. The Bertz CT molecular complexity index is 929. The molecule has 1 saturated heterocycles. The summed E-state index contributed by atoms with van der Waals surface area (Å²) in [6.45, 7) is 1.93. The maximum absolute atomic E-state index is 13.3. The molecule has 3 amide bonds. The molecule has 1 heterocycles. The van der Waals surface area contributed by atoms with E-state index < -0.39 is 5.82 Å². The Morgan fingerprint density at radius 1 is 0.903 bits per heavy atom. The van der Waals surface area contributed by atoms with E-state index in [9.17, 15) is 14.0 Å². The molecule has 1 aliphatic heterocycles. The van der Waals surface area contributed by atoms with Gasteiger partial charge in [0.2, 0.25) is 0 Å². The molecule has 164 valence electrons. The fourth-order valence-corrected chi connectivity index (χ4v) is 4.54. The molecule has 2 aliphatic rings. The van der Waals surface area contributed by atoms with E-state index >= 15 is 0 Å². The number of carbonyl (C=O) groups is 2. The van der Waals surface area contributed by atoms with Gasteiger partial charge in [-0.25, -0.2) is 9.18 Å². The number of rotatable bonds is 5. The number of nitrogens with zero attached hydrogens (tertiary/aromatic N) is 1. The van der Waals surface area contributed by atoms with E-state index in [2.05, 4.69) is 20.9 Å². The third-order valence-corrected chi connectivity index (χ3v) is 6.11. The Kier molecular flexibility index (Phi) is 6.82. The van der Waals surface area contributed by atoms with Gasteiger partial charge in [0.1, 0.15) is 5.82 Å². The highest BCUT2D eigenvalue weighted by Crippen LogP contribution is 2.25. The van der Waals surface area contributed by atoms with Crippen LogP contribution in [0.1, 0.15) is 48.9 Å². The van der Waals surface area contributed by atoms with Crippen LogP contribution in [-0.2, 0) is 0 Å². The Labute approximate surface area is 182 Å². The van der Waals surface area contributed by atoms with Crippen LogP contribution in [0.25, 0.3) is 0 Å². The first kappa shape index (κ1) is 21.3. The number of carbonyl (C=O) groups excluding carboxylic acids is 2. The molecule has 0 radical (unpaired) electrons. The molecular formula is C24H29FN4O2. The van der Waals surface area contributed by atoms with Gasteiger partial charge in [-0.2, -0.15) is 0 Å². The predicted octanol–water partition coefficient (Wildman–Crippen LogP) is 4.61. The average Bonchev–Trinajstić information content (AvgIpc) is 3.23. The van der Waals surface area contributed by atoms with Gasteiger partial charge in [0, 0.05) is 42.1 Å². The molecule has 0 aromatic heterocycles. The molecule has 1 unspecified atom stereocenters. The summed E-state index contributed by atoms with van der Waals surface area (Å²) in [5, 5.41) is 8.54. The zero-order valence-corrected chi connectivity index (χ0v) is 17.6. The molecule has 0 bridgehead atoms. The molecule has 2 aromatic rings. The van der Waals surface area contributed by atoms with Crippen molar-refractivity contribution in [2.24, 2.45) is 0 Å².